The van der Waals surface area contributed by atoms with Crippen molar-refractivity contribution >= 4 is 11.9 Å². The largest absolute Gasteiger partial charge is 0.493 e. The third-order valence-electron chi connectivity index (χ3n) is 6.66. The Kier molecular flexibility index (Phi) is 8.00. The highest BCUT2D eigenvalue weighted by atomic mass is 16.7. The molecule has 8 nitrogen and oxygen atoms in total. The summed E-state index contributed by atoms with van der Waals surface area (Å²) in [6.45, 7) is 6.85. The Labute approximate surface area is 190 Å². The van der Waals surface area contributed by atoms with E-state index in [1.807, 2.05) is 18.2 Å². The first-order valence-electron chi connectivity index (χ1n) is 11.3. The van der Waals surface area contributed by atoms with Crippen molar-refractivity contribution in [2.75, 3.05) is 41.0 Å². The first-order valence-corrected chi connectivity index (χ1v) is 11.3. The summed E-state index contributed by atoms with van der Waals surface area (Å²) in [6.07, 6.45) is 2.28. The van der Waals surface area contributed by atoms with Gasteiger partial charge in [0.25, 0.3) is 0 Å². The fourth-order valence-corrected chi connectivity index (χ4v) is 4.83. The van der Waals surface area contributed by atoms with E-state index in [4.69, 9.17) is 19.0 Å². The zero-order chi connectivity index (χ0) is 23.3. The molecule has 0 radical (unpaired) electrons. The molecule has 3 rings (SSSR count). The molecule has 2 saturated heterocycles. The number of rotatable bonds is 9. The second-order valence-electron chi connectivity index (χ2n) is 9.02. The molecular formula is C24H36N2O6. The van der Waals surface area contributed by atoms with Crippen LogP contribution < -0.4 is 9.47 Å². The molecule has 1 aromatic carbocycles. The maximum Gasteiger partial charge on any atom is 0.311 e. The number of amides is 1. The Hall–Kier alpha value is -2.32. The maximum atomic E-state index is 12.8. The standard InChI is InChI=1S/C24H36N2O6/c1-17(2)9-14-32-26-21(27)15-19(23(28)31-5)24(26)10-12-25(13-11-24)16-18-7-6-8-20(29-3)22(18)30-4/h6-8,17,19H,9-16H2,1-5H3. The van der Waals surface area contributed by atoms with Crippen molar-refractivity contribution < 1.29 is 28.6 Å². The number of carbonyl (C=O) groups is 2. The van der Waals surface area contributed by atoms with Crippen LogP contribution in [0.1, 0.15) is 45.1 Å². The molecule has 178 valence electrons. The minimum absolute atomic E-state index is 0.132. The van der Waals surface area contributed by atoms with Crippen LogP contribution in [0, 0.1) is 11.8 Å². The molecule has 0 saturated carbocycles. The first kappa shape index (κ1) is 24.3. The summed E-state index contributed by atoms with van der Waals surface area (Å²) in [5.41, 5.74) is 0.385. The average Bonchev–Trinajstić information content (AvgIpc) is 3.05. The van der Waals surface area contributed by atoms with Gasteiger partial charge in [0.15, 0.2) is 11.5 Å². The fraction of sp³-hybridized carbons (Fsp3) is 0.667. The smallest absolute Gasteiger partial charge is 0.311 e. The molecule has 1 spiro atoms. The Morgan fingerprint density at radius 2 is 1.88 bits per heavy atom. The number of piperidine rings is 1. The minimum atomic E-state index is -0.657. The topological polar surface area (TPSA) is 77.5 Å². The van der Waals surface area contributed by atoms with Crippen LogP contribution in [-0.2, 0) is 25.7 Å². The molecule has 0 aliphatic carbocycles. The summed E-state index contributed by atoms with van der Waals surface area (Å²) in [4.78, 5) is 33.7. The zero-order valence-corrected chi connectivity index (χ0v) is 19.9. The van der Waals surface area contributed by atoms with E-state index < -0.39 is 11.5 Å². The Morgan fingerprint density at radius 3 is 2.47 bits per heavy atom. The van der Waals surface area contributed by atoms with Crippen molar-refractivity contribution in [2.24, 2.45) is 11.8 Å². The van der Waals surface area contributed by atoms with Gasteiger partial charge in [0.2, 0.25) is 5.91 Å². The van der Waals surface area contributed by atoms with Gasteiger partial charge in [-0.15, -0.1) is 0 Å². The normalized spacial score (nSPS) is 20.8. The molecule has 2 fully saturated rings. The SMILES string of the molecule is COC(=O)C1CC(=O)N(OCCC(C)C)C12CCN(Cc1cccc(OC)c1OC)CC2. The van der Waals surface area contributed by atoms with Crippen molar-refractivity contribution in [3.8, 4) is 11.5 Å². The minimum Gasteiger partial charge on any atom is -0.493 e. The van der Waals surface area contributed by atoms with E-state index in [0.717, 1.165) is 30.8 Å². The number of ether oxygens (including phenoxy) is 3. The lowest BCUT2D eigenvalue weighted by molar-refractivity contribution is -0.224. The lowest BCUT2D eigenvalue weighted by atomic mass is 9.77. The van der Waals surface area contributed by atoms with Gasteiger partial charge < -0.3 is 14.2 Å². The summed E-state index contributed by atoms with van der Waals surface area (Å²) in [7, 11) is 4.65. The van der Waals surface area contributed by atoms with Crippen molar-refractivity contribution in [1.82, 2.24) is 9.96 Å². The van der Waals surface area contributed by atoms with Gasteiger partial charge in [0.1, 0.15) is 0 Å². The summed E-state index contributed by atoms with van der Waals surface area (Å²) in [5, 5.41) is 1.51. The summed E-state index contributed by atoms with van der Waals surface area (Å²) in [6, 6.07) is 5.86. The van der Waals surface area contributed by atoms with Crippen LogP contribution in [0.3, 0.4) is 0 Å². The molecule has 1 aromatic rings. The number of carbonyl (C=O) groups excluding carboxylic acids is 2. The lowest BCUT2D eigenvalue weighted by Crippen LogP contribution is -2.57. The van der Waals surface area contributed by atoms with Gasteiger partial charge in [-0.3, -0.25) is 19.3 Å². The van der Waals surface area contributed by atoms with Crippen LogP contribution in [0.2, 0.25) is 0 Å². The quantitative estimate of drug-likeness (QED) is 0.538. The van der Waals surface area contributed by atoms with E-state index in [0.29, 0.717) is 37.7 Å². The van der Waals surface area contributed by atoms with Crippen molar-refractivity contribution in [1.29, 1.82) is 0 Å². The molecule has 0 N–H and O–H groups in total. The molecule has 1 amide bonds. The number of para-hydroxylation sites is 1. The van der Waals surface area contributed by atoms with Gasteiger partial charge >= 0.3 is 5.97 Å². The third kappa shape index (κ3) is 4.86. The van der Waals surface area contributed by atoms with Crippen LogP contribution in [0.25, 0.3) is 0 Å². The fourth-order valence-electron chi connectivity index (χ4n) is 4.83. The highest BCUT2D eigenvalue weighted by molar-refractivity contribution is 5.88. The van der Waals surface area contributed by atoms with Crippen molar-refractivity contribution in [3.05, 3.63) is 23.8 Å². The Bertz CT molecular complexity index is 804. The summed E-state index contributed by atoms with van der Waals surface area (Å²) < 4.78 is 16.1. The van der Waals surface area contributed by atoms with Gasteiger partial charge in [-0.2, -0.15) is 0 Å². The number of esters is 1. The maximum absolute atomic E-state index is 12.8. The molecule has 0 bridgehead atoms. The monoisotopic (exact) mass is 448 g/mol. The predicted molar refractivity (Wildman–Crippen MR) is 119 cm³/mol. The van der Waals surface area contributed by atoms with Crippen molar-refractivity contribution in [3.63, 3.8) is 0 Å². The number of hydrogen-bond acceptors (Lipinski definition) is 7. The van der Waals surface area contributed by atoms with Crippen LogP contribution in [0.5, 0.6) is 11.5 Å². The van der Waals surface area contributed by atoms with E-state index >= 15 is 0 Å². The lowest BCUT2D eigenvalue weighted by Gasteiger charge is -2.46. The van der Waals surface area contributed by atoms with Gasteiger partial charge in [0, 0.05) is 31.6 Å². The van der Waals surface area contributed by atoms with E-state index in [-0.39, 0.29) is 18.3 Å². The molecule has 2 aliphatic heterocycles. The Balaban J connectivity index is 1.75. The second kappa shape index (κ2) is 10.5. The van der Waals surface area contributed by atoms with E-state index in [2.05, 4.69) is 18.7 Å². The molecule has 8 heteroatoms. The number of methoxy groups -OCH3 is 3. The van der Waals surface area contributed by atoms with Gasteiger partial charge in [0.05, 0.1) is 39.4 Å². The molecule has 2 heterocycles. The number of benzene rings is 1. The summed E-state index contributed by atoms with van der Waals surface area (Å²) in [5.74, 6) is 0.934. The van der Waals surface area contributed by atoms with Crippen LogP contribution in [-0.4, -0.2) is 68.4 Å². The van der Waals surface area contributed by atoms with E-state index in [1.54, 1.807) is 14.2 Å². The zero-order valence-electron chi connectivity index (χ0n) is 19.9. The summed E-state index contributed by atoms with van der Waals surface area (Å²) >= 11 is 0. The molecule has 32 heavy (non-hydrogen) atoms. The predicted octanol–water partition coefficient (Wildman–Crippen LogP) is 3.04. The molecular weight excluding hydrogens is 412 g/mol. The molecule has 2 aliphatic rings. The first-order chi connectivity index (χ1) is 15.4. The number of hydroxylamine groups is 2. The van der Waals surface area contributed by atoms with Gasteiger partial charge in [-0.25, -0.2) is 5.06 Å². The molecule has 1 atom stereocenters. The van der Waals surface area contributed by atoms with Crippen LogP contribution in [0.15, 0.2) is 18.2 Å². The van der Waals surface area contributed by atoms with Crippen LogP contribution >= 0.6 is 0 Å². The molecule has 1 unspecified atom stereocenters. The highest BCUT2D eigenvalue weighted by Crippen LogP contribution is 2.45. The van der Waals surface area contributed by atoms with Crippen molar-refractivity contribution in [2.45, 2.75) is 51.6 Å². The van der Waals surface area contributed by atoms with E-state index in [9.17, 15) is 9.59 Å². The number of nitrogens with zero attached hydrogens (tertiary/aromatic N) is 2. The number of hydrogen-bond donors (Lipinski definition) is 0. The van der Waals surface area contributed by atoms with Crippen LogP contribution in [0.4, 0.5) is 0 Å². The second-order valence-corrected chi connectivity index (χ2v) is 9.02. The Morgan fingerprint density at radius 1 is 1.16 bits per heavy atom. The number of likely N-dealkylation sites (tertiary alicyclic amines) is 1. The van der Waals surface area contributed by atoms with Gasteiger partial charge in [-0.05, 0) is 31.2 Å². The highest BCUT2D eigenvalue weighted by Gasteiger charge is 2.58. The average molecular weight is 449 g/mol. The van der Waals surface area contributed by atoms with Gasteiger partial charge in [-0.1, -0.05) is 26.0 Å². The molecule has 0 aromatic heterocycles. The van der Waals surface area contributed by atoms with E-state index in [1.165, 1.54) is 12.2 Å². The third-order valence-corrected chi connectivity index (χ3v) is 6.66.